The number of nitrogens with one attached hydrogen (secondary N) is 1. The molecule has 2 aromatic rings. The Morgan fingerprint density at radius 1 is 1.30 bits per heavy atom. The fourth-order valence-corrected chi connectivity index (χ4v) is 4.37. The van der Waals surface area contributed by atoms with Gasteiger partial charge in [0.1, 0.15) is 10.1 Å². The van der Waals surface area contributed by atoms with Gasteiger partial charge in [-0.3, -0.25) is 14.5 Å². The minimum atomic E-state index is -1.95. The number of nitrogens with zero attached hydrogens (tertiary/aromatic N) is 1. The third-order valence-corrected chi connectivity index (χ3v) is 6.31. The van der Waals surface area contributed by atoms with Gasteiger partial charge in [0.15, 0.2) is 5.76 Å². The first kappa shape index (κ1) is 25.9. The van der Waals surface area contributed by atoms with Gasteiger partial charge in [-0.05, 0) is 42.3 Å². The summed E-state index contributed by atoms with van der Waals surface area (Å²) in [5, 5.41) is 2.48. The van der Waals surface area contributed by atoms with Crippen molar-refractivity contribution >= 4 is 81.0 Å². The Bertz CT molecular complexity index is 1020. The normalized spacial score (nSPS) is 16.4. The number of benzene rings is 1. The number of alkyl halides is 3. The molecule has 2 heterocycles. The highest BCUT2D eigenvalue weighted by Gasteiger charge is 2.37. The number of hydrogen-bond acceptors (Lipinski definition) is 7. The topological polar surface area (TPSA) is 81.0 Å². The number of halogens is 3. The van der Waals surface area contributed by atoms with E-state index in [-0.39, 0.29) is 11.7 Å². The zero-order chi connectivity index (χ0) is 24.0. The summed E-state index contributed by atoms with van der Waals surface area (Å²) in [5.41, 5.74) is 0.754. The summed E-state index contributed by atoms with van der Waals surface area (Å²) < 4.78 is 14.3. The number of amides is 2. The minimum Gasteiger partial charge on any atom is -0.466 e. The van der Waals surface area contributed by atoms with Crippen molar-refractivity contribution < 1.29 is 23.5 Å². The second kappa shape index (κ2) is 11.6. The van der Waals surface area contributed by atoms with E-state index in [0.717, 1.165) is 5.56 Å². The standard InChI is InChI=1S/C21H19Cl3N2O5S2/c1-29-10-3-9-26-18(28)16(33-20(26)32)12-13-5-7-14(8-6-13)31-19(21(22,23)24)25-17(27)15-4-2-11-30-15/h2,4-8,11-12,19H,3,9-10H2,1H3,(H,25,27)/b16-12-/t19-/m1/s1. The second-order valence-electron chi connectivity index (χ2n) is 6.74. The Kier molecular flexibility index (Phi) is 9.09. The molecule has 1 aromatic carbocycles. The molecule has 33 heavy (non-hydrogen) atoms. The molecule has 0 aliphatic carbocycles. The maximum Gasteiger partial charge on any atom is 0.289 e. The molecular weight excluding hydrogens is 531 g/mol. The van der Waals surface area contributed by atoms with Gasteiger partial charge < -0.3 is 19.2 Å². The van der Waals surface area contributed by atoms with Gasteiger partial charge in [0.2, 0.25) is 10.0 Å². The van der Waals surface area contributed by atoms with E-state index in [4.69, 9.17) is 60.9 Å². The average Bonchev–Trinajstić information content (AvgIpc) is 3.39. The van der Waals surface area contributed by atoms with Crippen molar-refractivity contribution in [1.29, 1.82) is 0 Å². The zero-order valence-electron chi connectivity index (χ0n) is 17.3. The molecule has 3 rings (SSSR count). The molecule has 1 atom stereocenters. The van der Waals surface area contributed by atoms with E-state index in [9.17, 15) is 9.59 Å². The van der Waals surface area contributed by atoms with Crippen LogP contribution in [0.1, 0.15) is 22.5 Å². The lowest BCUT2D eigenvalue weighted by Gasteiger charge is -2.26. The molecular formula is C21H19Cl3N2O5S2. The van der Waals surface area contributed by atoms with Gasteiger partial charge in [0.25, 0.3) is 11.8 Å². The van der Waals surface area contributed by atoms with Gasteiger partial charge in [0, 0.05) is 20.3 Å². The number of thiocarbonyl (C=S) groups is 1. The highest BCUT2D eigenvalue weighted by molar-refractivity contribution is 8.26. The van der Waals surface area contributed by atoms with Gasteiger partial charge >= 0.3 is 0 Å². The predicted octanol–water partition coefficient (Wildman–Crippen LogP) is 5.02. The second-order valence-corrected chi connectivity index (χ2v) is 10.8. The van der Waals surface area contributed by atoms with Crippen molar-refractivity contribution in [2.24, 2.45) is 0 Å². The summed E-state index contributed by atoms with van der Waals surface area (Å²) in [4.78, 5) is 27.0. The summed E-state index contributed by atoms with van der Waals surface area (Å²) in [6.07, 6.45) is 2.51. The molecule has 176 valence electrons. The summed E-state index contributed by atoms with van der Waals surface area (Å²) in [5.74, 6) is -0.345. The third-order valence-electron chi connectivity index (χ3n) is 4.34. The first-order chi connectivity index (χ1) is 15.7. The van der Waals surface area contributed by atoms with E-state index in [1.54, 1.807) is 48.4 Å². The molecule has 12 heteroatoms. The molecule has 0 saturated carbocycles. The SMILES string of the molecule is COCCCN1C(=O)/C(=C/c2ccc(O[C@@H](NC(=O)c3ccco3)C(Cl)(Cl)Cl)cc2)SC1=S. The van der Waals surface area contributed by atoms with Crippen LogP contribution in [0.3, 0.4) is 0 Å². The minimum absolute atomic E-state index is 0.0488. The molecule has 2 amide bonds. The molecule has 0 radical (unpaired) electrons. The van der Waals surface area contributed by atoms with Crippen LogP contribution in [-0.2, 0) is 9.53 Å². The predicted molar refractivity (Wildman–Crippen MR) is 134 cm³/mol. The van der Waals surface area contributed by atoms with Crippen LogP contribution < -0.4 is 10.1 Å². The largest absolute Gasteiger partial charge is 0.466 e. The van der Waals surface area contributed by atoms with E-state index in [0.29, 0.717) is 34.5 Å². The van der Waals surface area contributed by atoms with Crippen molar-refractivity contribution in [3.05, 3.63) is 58.9 Å². The molecule has 1 saturated heterocycles. The van der Waals surface area contributed by atoms with Crippen LogP contribution in [-0.4, -0.2) is 51.3 Å². The van der Waals surface area contributed by atoms with Gasteiger partial charge in [-0.2, -0.15) is 0 Å². The lowest BCUT2D eigenvalue weighted by atomic mass is 10.2. The van der Waals surface area contributed by atoms with Crippen molar-refractivity contribution in [3.63, 3.8) is 0 Å². The zero-order valence-corrected chi connectivity index (χ0v) is 21.2. The number of ether oxygens (including phenoxy) is 2. The average molecular weight is 550 g/mol. The molecule has 7 nitrogen and oxygen atoms in total. The lowest BCUT2D eigenvalue weighted by molar-refractivity contribution is -0.122. The molecule has 0 bridgehead atoms. The highest BCUT2D eigenvalue weighted by Crippen LogP contribution is 2.34. The fraction of sp³-hybridized carbons (Fsp3) is 0.286. The molecule has 0 unspecified atom stereocenters. The van der Waals surface area contributed by atoms with E-state index < -0.39 is 15.9 Å². The molecule has 1 fully saturated rings. The highest BCUT2D eigenvalue weighted by atomic mass is 35.6. The van der Waals surface area contributed by atoms with Gasteiger partial charge in [-0.1, -0.05) is 70.9 Å². The lowest BCUT2D eigenvalue weighted by Crippen LogP contribution is -2.47. The molecule has 1 aromatic heterocycles. The Balaban J connectivity index is 1.67. The molecule has 0 spiro atoms. The van der Waals surface area contributed by atoms with Crippen LogP contribution in [0, 0.1) is 0 Å². The summed E-state index contributed by atoms with van der Waals surface area (Å²) in [7, 11) is 1.61. The van der Waals surface area contributed by atoms with Crippen molar-refractivity contribution in [2.75, 3.05) is 20.3 Å². The van der Waals surface area contributed by atoms with E-state index in [2.05, 4.69) is 5.32 Å². The van der Waals surface area contributed by atoms with E-state index >= 15 is 0 Å². The van der Waals surface area contributed by atoms with Crippen LogP contribution in [0.15, 0.2) is 52.0 Å². The summed E-state index contributed by atoms with van der Waals surface area (Å²) in [6, 6.07) is 9.76. The van der Waals surface area contributed by atoms with Gasteiger partial charge in [-0.15, -0.1) is 0 Å². The Morgan fingerprint density at radius 3 is 2.64 bits per heavy atom. The number of carbonyl (C=O) groups is 2. The quantitative estimate of drug-likeness (QED) is 0.155. The smallest absolute Gasteiger partial charge is 0.289 e. The first-order valence-electron chi connectivity index (χ1n) is 9.61. The maximum absolute atomic E-state index is 12.6. The Labute approximate surface area is 215 Å². The maximum atomic E-state index is 12.6. The number of thioether (sulfide) groups is 1. The number of methoxy groups -OCH3 is 1. The van der Waals surface area contributed by atoms with Gasteiger partial charge in [0.05, 0.1) is 11.2 Å². The molecule has 1 aliphatic rings. The Hall–Kier alpha value is -1.75. The monoisotopic (exact) mass is 548 g/mol. The van der Waals surface area contributed by atoms with Crippen LogP contribution in [0.2, 0.25) is 0 Å². The van der Waals surface area contributed by atoms with Gasteiger partial charge in [-0.25, -0.2) is 0 Å². The van der Waals surface area contributed by atoms with Crippen LogP contribution in [0.25, 0.3) is 6.08 Å². The van der Waals surface area contributed by atoms with Crippen molar-refractivity contribution in [1.82, 2.24) is 10.2 Å². The van der Waals surface area contributed by atoms with Crippen molar-refractivity contribution in [3.8, 4) is 5.75 Å². The molecule has 1 aliphatic heterocycles. The first-order valence-corrected chi connectivity index (χ1v) is 12.0. The van der Waals surface area contributed by atoms with Crippen LogP contribution in [0.5, 0.6) is 5.75 Å². The Morgan fingerprint density at radius 2 is 2.03 bits per heavy atom. The van der Waals surface area contributed by atoms with Crippen LogP contribution in [0.4, 0.5) is 0 Å². The summed E-state index contributed by atoms with van der Waals surface area (Å²) in [6.45, 7) is 1.06. The number of hydrogen-bond donors (Lipinski definition) is 1. The third kappa shape index (κ3) is 7.11. The van der Waals surface area contributed by atoms with Crippen molar-refractivity contribution in [2.45, 2.75) is 16.4 Å². The fourth-order valence-electron chi connectivity index (χ4n) is 2.77. The number of carbonyl (C=O) groups excluding carboxylic acids is 2. The summed E-state index contributed by atoms with van der Waals surface area (Å²) >= 11 is 24.5. The van der Waals surface area contributed by atoms with Crippen LogP contribution >= 0.6 is 58.8 Å². The number of rotatable bonds is 9. The van der Waals surface area contributed by atoms with E-state index in [1.165, 1.54) is 24.1 Å². The molecule has 1 N–H and O–H groups in total. The van der Waals surface area contributed by atoms with E-state index in [1.807, 2.05) is 0 Å². The number of furan rings is 1.